The molecule has 0 unspecified atom stereocenters. The van der Waals surface area contributed by atoms with Crippen molar-refractivity contribution in [3.63, 3.8) is 0 Å². The molecule has 0 radical (unpaired) electrons. The van der Waals surface area contributed by atoms with Crippen molar-refractivity contribution >= 4 is 32.8 Å². The van der Waals surface area contributed by atoms with Crippen LogP contribution in [0.25, 0.3) is 72.3 Å². The number of pyridine rings is 2. The van der Waals surface area contributed by atoms with Gasteiger partial charge in [-0.2, -0.15) is 0 Å². The molecule has 0 bridgehead atoms. The molecule has 0 N–H and O–H groups in total. The minimum atomic E-state index is -0.641. The number of aryl methyl sites for hydroxylation is 1. The predicted molar refractivity (Wildman–Crippen MR) is 274 cm³/mol. The number of rotatable bonds is 7. The normalized spacial score (nSPS) is 17.1. The summed E-state index contributed by atoms with van der Waals surface area (Å²) >= 11 is 2.15. The second-order valence-electron chi connectivity index (χ2n) is 20.4. The van der Waals surface area contributed by atoms with Gasteiger partial charge in [-0.3, -0.25) is 0 Å². The van der Waals surface area contributed by atoms with E-state index in [1.165, 1.54) is 11.1 Å². The number of para-hydroxylation sites is 2. The third-order valence-electron chi connectivity index (χ3n) is 14.9. The molecule has 6 aromatic carbocycles. The Bertz CT molecular complexity index is 4170. The Morgan fingerprint density at radius 1 is 0.647 bits per heavy atom. The predicted octanol–water partition coefficient (Wildman–Crippen LogP) is 15.3. The summed E-state index contributed by atoms with van der Waals surface area (Å²) in [6.07, 6.45) is 5.03. The zero-order chi connectivity index (χ0) is 56.2. The van der Waals surface area contributed by atoms with E-state index >= 15 is 0 Å². The monoisotopic (exact) mass is 1080 g/mol. The van der Waals surface area contributed by atoms with Crippen LogP contribution in [0.2, 0.25) is 0 Å². The second-order valence-corrected chi connectivity index (χ2v) is 21.4. The van der Waals surface area contributed by atoms with Gasteiger partial charge in [0, 0.05) is 6.20 Å². The van der Waals surface area contributed by atoms with Gasteiger partial charge in [0.15, 0.2) is 0 Å². The minimum absolute atomic E-state index is 0.0350. The van der Waals surface area contributed by atoms with E-state index in [1.54, 1.807) is 24.5 Å². The number of imidazole rings is 1. The fourth-order valence-electron chi connectivity index (χ4n) is 10.1. The summed E-state index contributed by atoms with van der Waals surface area (Å²) in [4.78, 5) is 9.55. The summed E-state index contributed by atoms with van der Waals surface area (Å²) in [7, 11) is 0. The molecule has 10 aromatic rings. The van der Waals surface area contributed by atoms with E-state index in [-0.39, 0.29) is 49.9 Å². The Kier molecular flexibility index (Phi) is 7.81. The Morgan fingerprint density at radius 2 is 1.26 bits per heavy atom. The summed E-state index contributed by atoms with van der Waals surface area (Å²) in [5.41, 5.74) is 7.24. The zero-order valence-electron chi connectivity index (χ0n) is 49.6. The number of aromatic nitrogens is 5. The molecule has 0 atom stereocenters. The molecule has 6 nitrogen and oxygen atoms in total. The van der Waals surface area contributed by atoms with Gasteiger partial charge in [0.1, 0.15) is 0 Å². The first-order valence-corrected chi connectivity index (χ1v) is 23.8. The zero-order valence-corrected chi connectivity index (χ0v) is 41.9. The molecular weight excluding hydrogens is 1010 g/mol. The molecule has 0 amide bonds. The Balaban J connectivity index is 1.13. The third kappa shape index (κ3) is 6.73. The van der Waals surface area contributed by atoms with Crippen LogP contribution in [0.5, 0.6) is 11.5 Å². The maximum absolute atomic E-state index is 9.31. The molecule has 342 valence electrons. The van der Waals surface area contributed by atoms with Crippen LogP contribution in [-0.4, -0.2) is 23.7 Å². The topological polar surface area (TPSA) is 49.8 Å². The van der Waals surface area contributed by atoms with Gasteiger partial charge >= 0.3 is 332 Å². The molecule has 1 aliphatic carbocycles. The quantitative estimate of drug-likeness (QED) is 0.149. The summed E-state index contributed by atoms with van der Waals surface area (Å²) in [6.45, 7) is 22.0. The molecule has 0 fully saturated rings. The van der Waals surface area contributed by atoms with Gasteiger partial charge < -0.3 is 0 Å². The molecule has 4 aromatic heterocycles. The number of hydrogen-bond donors (Lipinski definition) is 0. The van der Waals surface area contributed by atoms with Crippen molar-refractivity contribution in [3.8, 4) is 50.9 Å². The molecule has 0 spiro atoms. The van der Waals surface area contributed by atoms with Crippen LogP contribution < -0.4 is 4.74 Å². The number of ether oxygens (including phenoxy) is 1. The van der Waals surface area contributed by atoms with Gasteiger partial charge in [-0.1, -0.05) is 41.5 Å². The fourth-order valence-corrected chi connectivity index (χ4v) is 11.1. The van der Waals surface area contributed by atoms with Crippen molar-refractivity contribution in [2.45, 2.75) is 85.5 Å². The summed E-state index contributed by atoms with van der Waals surface area (Å²) in [6, 6.07) is 25.6. The Labute approximate surface area is 424 Å². The number of fused-ring (bicyclic) bond motifs is 5. The molecule has 4 heterocycles. The first-order valence-electron chi connectivity index (χ1n) is 27.7. The van der Waals surface area contributed by atoms with Gasteiger partial charge in [0.25, 0.3) is 0 Å². The van der Waals surface area contributed by atoms with E-state index in [0.717, 1.165) is 33.2 Å². The van der Waals surface area contributed by atoms with Crippen LogP contribution in [0.4, 0.5) is 0 Å². The van der Waals surface area contributed by atoms with Crippen molar-refractivity contribution in [1.29, 1.82) is 0 Å². The summed E-state index contributed by atoms with van der Waals surface area (Å²) in [5, 5.41) is 2.09. The van der Waals surface area contributed by atoms with Crippen molar-refractivity contribution < 1.29 is 37.8 Å². The van der Waals surface area contributed by atoms with E-state index in [2.05, 4.69) is 114 Å². The Morgan fingerprint density at radius 3 is 1.88 bits per heavy atom. The van der Waals surface area contributed by atoms with E-state index in [4.69, 9.17) is 17.9 Å². The third-order valence-corrected chi connectivity index (χ3v) is 16.0. The molecule has 0 aliphatic heterocycles. The van der Waals surface area contributed by atoms with Crippen molar-refractivity contribution in [1.82, 2.24) is 23.7 Å². The van der Waals surface area contributed by atoms with Crippen molar-refractivity contribution in [2.24, 2.45) is 5.41 Å². The van der Waals surface area contributed by atoms with Crippen LogP contribution in [0.1, 0.15) is 98.3 Å². The number of hydrogen-bond acceptors (Lipinski definition) is 3. The standard InChI is InChI=1S/C61H55N5O.Pt/c1-39-27-28-63-56(29-39)66-54-33-44(25-26-46(54)49-34-50-51(35-55(49)66)60(7,8)61(9,10)59(50,5)6)67-45-32-43(36-62-37-45)64-38-65(53-24-18-17-23-52(53)64)57-47(40-19-13-11-14-20-40)30-42(58(2,3)4)31-48(57)41-21-15-12-16-22-41;/h11-31,34-37H,1-10H3;/q-2;/i11D,12D,13D,14D,15D,16D,19D,20D,21D,22D;. The summed E-state index contributed by atoms with van der Waals surface area (Å²) in [5.74, 6) is 1.45. The molecule has 1 aliphatic rings. The number of benzene rings is 6. The van der Waals surface area contributed by atoms with Gasteiger partial charge in [-0.25, -0.2) is 0 Å². The molecule has 7 heteroatoms. The van der Waals surface area contributed by atoms with Gasteiger partial charge in [0.2, 0.25) is 0 Å². The van der Waals surface area contributed by atoms with Crippen LogP contribution in [-0.2, 0) is 35.6 Å². The number of nitrogens with zero attached hydrogens (tertiary/aromatic N) is 5. The van der Waals surface area contributed by atoms with Crippen LogP contribution >= 0.6 is 0 Å². The average molecular weight is 1080 g/mol. The van der Waals surface area contributed by atoms with Gasteiger partial charge in [-0.15, -0.1) is 0 Å². The van der Waals surface area contributed by atoms with Crippen LogP contribution in [0.15, 0.2) is 152 Å². The second kappa shape index (κ2) is 15.7. The van der Waals surface area contributed by atoms with Crippen molar-refractivity contribution in [3.05, 3.63) is 190 Å². The average Bonchev–Trinajstić information content (AvgIpc) is 3.86. The van der Waals surface area contributed by atoms with Crippen LogP contribution in [0.3, 0.4) is 0 Å². The maximum atomic E-state index is 9.31. The van der Waals surface area contributed by atoms with Gasteiger partial charge in [-0.05, 0) is 45.9 Å². The van der Waals surface area contributed by atoms with E-state index < -0.39 is 65.8 Å². The summed E-state index contributed by atoms with van der Waals surface area (Å²) < 4.78 is 103. The molecule has 0 saturated heterocycles. The van der Waals surface area contributed by atoms with E-state index in [9.17, 15) is 5.48 Å². The molecule has 0 saturated carbocycles. The SMILES string of the molecule is [2H]c1c([2H])c([2H])c(-c2cc(C(C)(C)C)cc(-c3c([2H])c([2H])c([2H])c([2H])c3[2H])c2-n2[c](=[Pt])n(-c3[c-]c(Oc4[c-]c5c(cc4)c4cc6c(cc4n5-c4cc(C)ccn4)C(C)(C)C(C)(C)C6(C)C)cnc3)c3ccccc32)c([2H])c1[2H]. The fraction of sp³-hybridized carbons (Fsp3) is 0.230. The van der Waals surface area contributed by atoms with Gasteiger partial charge in [0.05, 0.1) is 0 Å². The first kappa shape index (κ1) is 33.8. The molecular formula is C61H55N5OPt-2. The van der Waals surface area contributed by atoms with Crippen LogP contribution in [0, 0.1) is 28.3 Å². The van der Waals surface area contributed by atoms with E-state index in [0.29, 0.717) is 31.8 Å². The molecule has 68 heavy (non-hydrogen) atoms. The molecule has 11 rings (SSSR count). The first-order chi connectivity index (χ1) is 36.6. The Hall–Kier alpha value is -6.62. The van der Waals surface area contributed by atoms with E-state index in [1.807, 2.05) is 72.5 Å². The van der Waals surface area contributed by atoms with Crippen molar-refractivity contribution in [2.75, 3.05) is 0 Å².